The number of ether oxygens (including phenoxy) is 1. The first-order valence-corrected chi connectivity index (χ1v) is 15.0. The number of likely N-dealkylation sites (tertiary alicyclic amines) is 1. The molecule has 3 aromatic rings. The number of pyridine rings is 1. The Morgan fingerprint density at radius 1 is 0.935 bits per heavy atom. The number of alkyl carbamates (subject to hydrolysis) is 1. The largest absolute Gasteiger partial charge is 0.445 e. The molecule has 0 spiro atoms. The summed E-state index contributed by atoms with van der Waals surface area (Å²) in [6.07, 6.45) is -0.680. The van der Waals surface area contributed by atoms with E-state index in [2.05, 4.69) is 20.9 Å². The lowest BCUT2D eigenvalue weighted by Crippen LogP contribution is -2.58. The van der Waals surface area contributed by atoms with Crippen molar-refractivity contribution in [3.05, 3.63) is 102 Å². The van der Waals surface area contributed by atoms with E-state index in [0.29, 0.717) is 29.7 Å². The van der Waals surface area contributed by atoms with E-state index in [1.54, 1.807) is 79.0 Å². The monoisotopic (exact) mass is 630 g/mol. The molecule has 1 aromatic heterocycles. The number of nitrogens with two attached hydrogens (primary N) is 1. The molecular formula is C33H38N6O7. The number of hydrogen-bond acceptors (Lipinski definition) is 8. The average molecular weight is 631 g/mol. The molecule has 2 aromatic carbocycles. The predicted octanol–water partition coefficient (Wildman–Crippen LogP) is 0.948. The maximum absolute atomic E-state index is 13.7. The number of aliphatic hydroxyl groups is 1. The van der Waals surface area contributed by atoms with Crippen LogP contribution in [0, 0.1) is 0 Å². The van der Waals surface area contributed by atoms with Crippen LogP contribution in [0.5, 0.6) is 0 Å². The number of aromatic nitrogens is 1. The third-order valence-corrected chi connectivity index (χ3v) is 7.50. The zero-order chi connectivity index (χ0) is 32.9. The second kappa shape index (κ2) is 16.7. The first kappa shape index (κ1) is 33.6. The lowest BCUT2D eigenvalue weighted by molar-refractivity contribution is -0.147. The fourth-order valence-electron chi connectivity index (χ4n) is 5.15. The molecule has 1 saturated heterocycles. The second-order valence-electron chi connectivity index (χ2n) is 10.9. The fourth-order valence-corrected chi connectivity index (χ4v) is 5.15. The minimum absolute atomic E-state index is 0.0333. The molecule has 4 rings (SSSR count). The first-order valence-electron chi connectivity index (χ1n) is 15.0. The summed E-state index contributed by atoms with van der Waals surface area (Å²) in [6.45, 7) is 0.339. The van der Waals surface area contributed by atoms with Gasteiger partial charge in [0, 0.05) is 12.7 Å². The van der Waals surface area contributed by atoms with Crippen molar-refractivity contribution in [3.63, 3.8) is 0 Å². The number of benzene rings is 2. The zero-order valence-corrected chi connectivity index (χ0v) is 25.2. The van der Waals surface area contributed by atoms with Gasteiger partial charge in [-0.15, -0.1) is 0 Å². The van der Waals surface area contributed by atoms with Gasteiger partial charge in [-0.25, -0.2) is 4.79 Å². The van der Waals surface area contributed by atoms with Crippen molar-refractivity contribution in [1.82, 2.24) is 25.8 Å². The summed E-state index contributed by atoms with van der Waals surface area (Å²) < 4.78 is 5.19. The van der Waals surface area contributed by atoms with Crippen LogP contribution in [0.3, 0.4) is 0 Å². The van der Waals surface area contributed by atoms with Gasteiger partial charge in [-0.2, -0.15) is 0 Å². The number of hydrogen-bond donors (Lipinski definition) is 5. The molecule has 13 heteroatoms. The van der Waals surface area contributed by atoms with Crippen molar-refractivity contribution in [2.24, 2.45) is 5.73 Å². The summed E-state index contributed by atoms with van der Waals surface area (Å²) in [5.74, 6) is -2.84. The number of nitrogens with one attached hydrogen (secondary N) is 3. The van der Waals surface area contributed by atoms with E-state index in [-0.39, 0.29) is 32.0 Å². The Kier molecular flexibility index (Phi) is 12.2. The zero-order valence-electron chi connectivity index (χ0n) is 25.2. The number of rotatable bonds is 14. The molecule has 1 aliphatic heterocycles. The van der Waals surface area contributed by atoms with Crippen LogP contribution in [0.15, 0.2) is 85.1 Å². The number of carbonyl (C=O) groups excluding carboxylic acids is 5. The van der Waals surface area contributed by atoms with Crippen molar-refractivity contribution in [2.75, 3.05) is 6.54 Å². The van der Waals surface area contributed by atoms with Crippen molar-refractivity contribution < 1.29 is 33.8 Å². The van der Waals surface area contributed by atoms with Crippen LogP contribution in [-0.2, 0) is 43.5 Å². The minimum Gasteiger partial charge on any atom is -0.445 e. The minimum atomic E-state index is -1.76. The number of nitrogens with zero attached hydrogens (tertiary/aromatic N) is 2. The maximum atomic E-state index is 13.7. The maximum Gasteiger partial charge on any atom is 0.408 e. The third kappa shape index (κ3) is 9.86. The van der Waals surface area contributed by atoms with Crippen molar-refractivity contribution in [2.45, 2.75) is 63.1 Å². The number of primary amides is 1. The van der Waals surface area contributed by atoms with Crippen LogP contribution in [0.2, 0.25) is 0 Å². The van der Waals surface area contributed by atoms with Crippen LogP contribution in [0.1, 0.15) is 36.1 Å². The normalized spacial score (nSPS) is 16.0. The van der Waals surface area contributed by atoms with Crippen LogP contribution in [-0.4, -0.2) is 75.5 Å². The molecule has 1 fully saturated rings. The standard InChI is InChI=1S/C33H38N6O7/c34-28(40)19-26(38-33(45)46-21-23-12-5-2-6-13-23)30(42)37-25(18-22-10-3-1-4-11-22)29(41)32(44)39-17-9-15-27(39)31(43)36-20-24-14-7-8-16-35-24/h1-8,10-14,16,25-27,29,41H,9,15,17-21H2,(H2,34,40)(H,36,43)(H,37,42)(H,38,45). The van der Waals surface area contributed by atoms with Gasteiger partial charge in [0.15, 0.2) is 6.10 Å². The highest BCUT2D eigenvalue weighted by Crippen LogP contribution is 2.20. The predicted molar refractivity (Wildman–Crippen MR) is 166 cm³/mol. The molecule has 6 N–H and O–H groups in total. The van der Waals surface area contributed by atoms with Gasteiger partial charge in [-0.1, -0.05) is 66.7 Å². The molecule has 242 valence electrons. The van der Waals surface area contributed by atoms with Crippen LogP contribution in [0.4, 0.5) is 4.79 Å². The van der Waals surface area contributed by atoms with Gasteiger partial charge in [0.1, 0.15) is 18.7 Å². The molecule has 4 atom stereocenters. The van der Waals surface area contributed by atoms with Gasteiger partial charge in [0.2, 0.25) is 17.7 Å². The molecule has 5 amide bonds. The van der Waals surface area contributed by atoms with Crippen molar-refractivity contribution in [3.8, 4) is 0 Å². The lowest BCUT2D eigenvalue weighted by Gasteiger charge is -2.31. The van der Waals surface area contributed by atoms with Gasteiger partial charge in [-0.3, -0.25) is 24.2 Å². The topological polar surface area (TPSA) is 193 Å². The summed E-state index contributed by atoms with van der Waals surface area (Å²) in [5.41, 5.74) is 7.43. The Balaban J connectivity index is 1.45. The van der Waals surface area contributed by atoms with Gasteiger partial charge < -0.3 is 36.4 Å². The molecule has 4 unspecified atom stereocenters. The fraction of sp³-hybridized carbons (Fsp3) is 0.333. The van der Waals surface area contributed by atoms with E-state index in [1.165, 1.54) is 4.90 Å². The van der Waals surface area contributed by atoms with Crippen LogP contribution >= 0.6 is 0 Å². The highest BCUT2D eigenvalue weighted by Gasteiger charge is 2.40. The molecule has 2 heterocycles. The molecule has 13 nitrogen and oxygen atoms in total. The summed E-state index contributed by atoms with van der Waals surface area (Å²) in [4.78, 5) is 70.0. The average Bonchev–Trinajstić information content (AvgIpc) is 3.56. The van der Waals surface area contributed by atoms with E-state index < -0.39 is 54.5 Å². The first-order chi connectivity index (χ1) is 22.2. The van der Waals surface area contributed by atoms with Crippen molar-refractivity contribution >= 4 is 29.7 Å². The SMILES string of the molecule is NC(=O)CC(NC(=O)OCc1ccccc1)C(=O)NC(Cc1ccccc1)C(O)C(=O)N1CCCC1C(=O)NCc1ccccn1. The summed E-state index contributed by atoms with van der Waals surface area (Å²) in [6, 6.07) is 19.6. The van der Waals surface area contributed by atoms with Crippen LogP contribution < -0.4 is 21.7 Å². The Labute approximate surface area is 266 Å². The quantitative estimate of drug-likeness (QED) is 0.174. The smallest absolute Gasteiger partial charge is 0.408 e. The summed E-state index contributed by atoms with van der Waals surface area (Å²) in [5, 5.41) is 19.1. The molecule has 0 aliphatic carbocycles. The Bertz CT molecular complexity index is 1480. The van der Waals surface area contributed by atoms with E-state index in [1.807, 2.05) is 6.07 Å². The molecule has 0 saturated carbocycles. The number of aliphatic hydroxyl groups excluding tert-OH is 1. The van der Waals surface area contributed by atoms with Gasteiger partial charge in [0.05, 0.1) is 24.7 Å². The lowest BCUT2D eigenvalue weighted by atomic mass is 9.99. The molecule has 46 heavy (non-hydrogen) atoms. The van der Waals surface area contributed by atoms with E-state index >= 15 is 0 Å². The highest BCUT2D eigenvalue weighted by atomic mass is 16.5. The van der Waals surface area contributed by atoms with Crippen LogP contribution in [0.25, 0.3) is 0 Å². The Morgan fingerprint density at radius 3 is 2.26 bits per heavy atom. The third-order valence-electron chi connectivity index (χ3n) is 7.50. The van der Waals surface area contributed by atoms with Gasteiger partial charge in [-0.05, 0) is 42.5 Å². The molecule has 0 bridgehead atoms. The molecular weight excluding hydrogens is 592 g/mol. The van der Waals surface area contributed by atoms with Gasteiger partial charge in [0.25, 0.3) is 5.91 Å². The summed E-state index contributed by atoms with van der Waals surface area (Å²) >= 11 is 0. The summed E-state index contributed by atoms with van der Waals surface area (Å²) in [7, 11) is 0. The number of carbonyl (C=O) groups is 5. The number of amides is 5. The highest BCUT2D eigenvalue weighted by molar-refractivity contribution is 5.93. The van der Waals surface area contributed by atoms with E-state index in [0.717, 1.165) is 0 Å². The van der Waals surface area contributed by atoms with Crippen molar-refractivity contribution in [1.29, 1.82) is 0 Å². The second-order valence-corrected chi connectivity index (χ2v) is 10.9. The van der Waals surface area contributed by atoms with Gasteiger partial charge >= 0.3 is 6.09 Å². The Hall–Kier alpha value is -5.30. The van der Waals surface area contributed by atoms with E-state index in [4.69, 9.17) is 10.5 Å². The van der Waals surface area contributed by atoms with E-state index in [9.17, 15) is 29.1 Å². The molecule has 0 radical (unpaired) electrons. The molecule has 1 aliphatic rings. The Morgan fingerprint density at radius 2 is 1.61 bits per heavy atom.